The summed E-state index contributed by atoms with van der Waals surface area (Å²) in [5, 5.41) is 0. The van der Waals surface area contributed by atoms with Crippen LogP contribution in [-0.4, -0.2) is 39.6 Å². The van der Waals surface area contributed by atoms with Gasteiger partial charge in [0.15, 0.2) is 5.82 Å². The molecule has 1 fully saturated rings. The molecule has 0 unspecified atom stereocenters. The molecule has 5 rings (SSSR count). The lowest BCUT2D eigenvalue weighted by Crippen LogP contribution is -2.31. The molecule has 5 heteroatoms. The normalized spacial score (nSPS) is 15.3. The first-order valence-corrected chi connectivity index (χ1v) is 11.5. The van der Waals surface area contributed by atoms with Gasteiger partial charge in [0.1, 0.15) is 11.3 Å². The van der Waals surface area contributed by atoms with E-state index >= 15 is 4.39 Å². The van der Waals surface area contributed by atoms with Gasteiger partial charge < -0.3 is 9.47 Å². The number of likely N-dealkylation sites (tertiary alicyclic amines) is 1. The highest BCUT2D eigenvalue weighted by atomic mass is 19.1. The molecule has 4 nitrogen and oxygen atoms in total. The number of rotatable bonds is 4. The monoisotopic (exact) mass is 440 g/mol. The van der Waals surface area contributed by atoms with Crippen molar-refractivity contribution >= 4 is 16.6 Å². The topological polar surface area (TPSA) is 34.0 Å². The lowest BCUT2D eigenvalue weighted by Gasteiger charge is -2.31. The number of hydrogen-bond donors (Lipinski definition) is 0. The van der Waals surface area contributed by atoms with Crippen LogP contribution in [0.1, 0.15) is 41.5 Å². The van der Waals surface area contributed by atoms with Crippen molar-refractivity contribution in [2.24, 2.45) is 0 Å². The Morgan fingerprint density at radius 1 is 1.00 bits per heavy atom. The Balaban J connectivity index is 1.53. The highest BCUT2D eigenvalue weighted by molar-refractivity contribution is 5.87. The van der Waals surface area contributed by atoms with Crippen LogP contribution in [0, 0.1) is 19.7 Å². The van der Waals surface area contributed by atoms with Crippen LogP contribution in [0.25, 0.3) is 27.9 Å². The molecule has 1 saturated heterocycles. The van der Waals surface area contributed by atoms with E-state index in [1.54, 1.807) is 6.07 Å². The Hall–Kier alpha value is -3.31. The molecule has 0 N–H and O–H groups in total. The maximum atomic E-state index is 15.2. The number of halogens is 1. The summed E-state index contributed by atoms with van der Waals surface area (Å²) in [5.41, 5.74) is 6.63. The average molecular weight is 441 g/mol. The Bertz CT molecular complexity index is 1330. The fourth-order valence-corrected chi connectivity index (χ4v) is 4.96. The fourth-order valence-electron chi connectivity index (χ4n) is 4.96. The molecule has 0 aliphatic carbocycles. The molecule has 1 aliphatic rings. The highest BCUT2D eigenvalue weighted by Crippen LogP contribution is 2.33. The summed E-state index contributed by atoms with van der Waals surface area (Å²) in [6.45, 7) is 10.4. The zero-order valence-electron chi connectivity index (χ0n) is 19.5. The van der Waals surface area contributed by atoms with Crippen molar-refractivity contribution in [1.82, 2.24) is 19.4 Å². The summed E-state index contributed by atoms with van der Waals surface area (Å²) in [6.07, 6.45) is 2.08. The number of aryl methyl sites for hydroxylation is 2. The van der Waals surface area contributed by atoms with Crippen LogP contribution in [0.3, 0.4) is 0 Å². The van der Waals surface area contributed by atoms with Crippen molar-refractivity contribution < 1.29 is 4.39 Å². The van der Waals surface area contributed by atoms with Gasteiger partial charge in [-0.15, -0.1) is 0 Å². The van der Waals surface area contributed by atoms with E-state index in [1.165, 1.54) is 0 Å². The van der Waals surface area contributed by atoms with Gasteiger partial charge >= 0.3 is 0 Å². The molecule has 0 atom stereocenters. The van der Waals surface area contributed by atoms with Crippen LogP contribution in [0.4, 0.5) is 4.39 Å². The van der Waals surface area contributed by atoms with Gasteiger partial charge in [0, 0.05) is 22.9 Å². The van der Waals surface area contributed by atoms with Crippen molar-refractivity contribution in [2.75, 3.05) is 20.1 Å². The summed E-state index contributed by atoms with van der Waals surface area (Å²) in [5.74, 6) is 0.566. The molecule has 3 heterocycles. The summed E-state index contributed by atoms with van der Waals surface area (Å²) in [4.78, 5) is 11.7. The third-order valence-electron chi connectivity index (χ3n) is 6.81. The number of pyridine rings is 1. The van der Waals surface area contributed by atoms with Crippen LogP contribution in [0.2, 0.25) is 0 Å². The van der Waals surface area contributed by atoms with Gasteiger partial charge in [-0.25, -0.2) is 9.37 Å². The fraction of sp³-hybridized carbons (Fsp3) is 0.286. The average Bonchev–Trinajstić information content (AvgIpc) is 3.16. The third-order valence-corrected chi connectivity index (χ3v) is 6.81. The zero-order valence-corrected chi connectivity index (χ0v) is 19.5. The number of nitrogens with zero attached hydrogens (tertiary/aromatic N) is 4. The molecule has 0 bridgehead atoms. The third kappa shape index (κ3) is 3.98. The smallest absolute Gasteiger partial charge is 0.151 e. The van der Waals surface area contributed by atoms with E-state index in [2.05, 4.69) is 28.1 Å². The second-order valence-electron chi connectivity index (χ2n) is 9.06. The molecular formula is C28H29FN4. The predicted molar refractivity (Wildman–Crippen MR) is 133 cm³/mol. The molecule has 168 valence electrons. The molecule has 0 spiro atoms. The SMILES string of the molecule is C=C(c1cc(F)c2nc(C)n(C3CCN(C)CC3)c2c1)c1ccc(-c2ccccc2)nc1C. The molecule has 0 amide bonds. The van der Waals surface area contributed by atoms with E-state index in [0.29, 0.717) is 11.6 Å². The molecule has 4 aromatic rings. The first kappa shape index (κ1) is 21.5. The van der Waals surface area contributed by atoms with Gasteiger partial charge in [-0.2, -0.15) is 0 Å². The number of aromatic nitrogens is 3. The molecule has 2 aromatic carbocycles. The first-order valence-electron chi connectivity index (χ1n) is 11.5. The van der Waals surface area contributed by atoms with Crippen molar-refractivity contribution in [3.8, 4) is 11.3 Å². The number of piperidine rings is 1. The van der Waals surface area contributed by atoms with Gasteiger partial charge in [-0.1, -0.05) is 43.0 Å². The van der Waals surface area contributed by atoms with Crippen molar-refractivity contribution in [1.29, 1.82) is 0 Å². The Morgan fingerprint density at radius 2 is 1.73 bits per heavy atom. The number of hydrogen-bond acceptors (Lipinski definition) is 3. The lowest BCUT2D eigenvalue weighted by atomic mass is 9.96. The van der Waals surface area contributed by atoms with Gasteiger partial charge in [0.05, 0.1) is 11.2 Å². The second kappa shape index (κ2) is 8.56. The number of imidazole rings is 1. The van der Waals surface area contributed by atoms with Crippen LogP contribution in [0.15, 0.2) is 61.2 Å². The first-order chi connectivity index (χ1) is 15.9. The molecule has 33 heavy (non-hydrogen) atoms. The largest absolute Gasteiger partial charge is 0.325 e. The Labute approximate surface area is 194 Å². The van der Waals surface area contributed by atoms with Crippen molar-refractivity contribution in [3.05, 3.63) is 89.6 Å². The minimum Gasteiger partial charge on any atom is -0.325 e. The van der Waals surface area contributed by atoms with Gasteiger partial charge in [-0.3, -0.25) is 4.98 Å². The Kier molecular flexibility index (Phi) is 5.59. The zero-order chi connectivity index (χ0) is 23.1. The Morgan fingerprint density at radius 3 is 2.42 bits per heavy atom. The van der Waals surface area contributed by atoms with Crippen molar-refractivity contribution in [2.45, 2.75) is 32.7 Å². The van der Waals surface area contributed by atoms with Crippen LogP contribution < -0.4 is 0 Å². The highest BCUT2D eigenvalue weighted by Gasteiger charge is 2.24. The van der Waals surface area contributed by atoms with E-state index in [1.807, 2.05) is 62.4 Å². The summed E-state index contributed by atoms with van der Waals surface area (Å²) in [6, 6.07) is 18.1. The van der Waals surface area contributed by atoms with E-state index in [0.717, 1.165) is 70.9 Å². The molecular weight excluding hydrogens is 411 g/mol. The maximum absolute atomic E-state index is 15.2. The van der Waals surface area contributed by atoms with Crippen LogP contribution >= 0.6 is 0 Å². The van der Waals surface area contributed by atoms with Crippen molar-refractivity contribution in [3.63, 3.8) is 0 Å². The van der Waals surface area contributed by atoms with Gasteiger partial charge in [-0.05, 0) is 76.2 Å². The number of benzene rings is 2. The predicted octanol–water partition coefficient (Wildman–Crippen LogP) is 6.18. The second-order valence-corrected chi connectivity index (χ2v) is 9.06. The molecule has 0 radical (unpaired) electrons. The summed E-state index contributed by atoms with van der Waals surface area (Å²) in [7, 11) is 2.15. The summed E-state index contributed by atoms with van der Waals surface area (Å²) >= 11 is 0. The summed E-state index contributed by atoms with van der Waals surface area (Å²) < 4.78 is 17.4. The minimum atomic E-state index is -0.301. The molecule has 0 saturated carbocycles. The van der Waals surface area contributed by atoms with E-state index in [4.69, 9.17) is 4.98 Å². The van der Waals surface area contributed by atoms with Gasteiger partial charge in [0.25, 0.3) is 0 Å². The van der Waals surface area contributed by atoms with Crippen LogP contribution in [0.5, 0.6) is 0 Å². The van der Waals surface area contributed by atoms with E-state index < -0.39 is 0 Å². The van der Waals surface area contributed by atoms with Crippen LogP contribution in [-0.2, 0) is 0 Å². The lowest BCUT2D eigenvalue weighted by molar-refractivity contribution is 0.222. The van der Waals surface area contributed by atoms with E-state index in [-0.39, 0.29) is 5.82 Å². The molecule has 2 aromatic heterocycles. The number of fused-ring (bicyclic) bond motifs is 1. The van der Waals surface area contributed by atoms with Gasteiger partial charge in [0.2, 0.25) is 0 Å². The minimum absolute atomic E-state index is 0.301. The standard InChI is InChI=1S/C28H29FN4/c1-18(24-10-11-26(30-19(24)2)21-8-6-5-7-9-21)22-16-25(29)28-27(17-22)33(20(3)31-28)23-12-14-32(4)15-13-23/h5-11,16-17,23H,1,12-15H2,2-4H3. The van der Waals surface area contributed by atoms with E-state index in [9.17, 15) is 0 Å². The quantitative estimate of drug-likeness (QED) is 0.380. The maximum Gasteiger partial charge on any atom is 0.151 e. The molecule has 1 aliphatic heterocycles.